The number of imidazole rings is 1. The zero-order valence-corrected chi connectivity index (χ0v) is 16.1. The molecular weight excluding hydrogens is 360 g/mol. The lowest BCUT2D eigenvalue weighted by molar-refractivity contribution is 0.102. The van der Waals surface area contributed by atoms with Gasteiger partial charge in [-0.15, -0.1) is 0 Å². The minimum atomic E-state index is -0.193. The second-order valence-electron chi connectivity index (χ2n) is 6.92. The van der Waals surface area contributed by atoms with Gasteiger partial charge in [0.2, 0.25) is 0 Å². The third-order valence-electron chi connectivity index (χ3n) is 4.98. The Morgan fingerprint density at radius 1 is 1.03 bits per heavy atom. The minimum absolute atomic E-state index is 0.193. The van der Waals surface area contributed by atoms with Crippen LogP contribution in [-0.2, 0) is 19.9 Å². The van der Waals surface area contributed by atoms with Crippen molar-refractivity contribution in [1.82, 2.24) is 9.55 Å². The van der Waals surface area contributed by atoms with Gasteiger partial charge in [0.05, 0.1) is 22.7 Å². The third-order valence-corrected chi connectivity index (χ3v) is 4.98. The van der Waals surface area contributed by atoms with Crippen LogP contribution in [0.1, 0.15) is 27.3 Å². The molecule has 1 heterocycles. The Bertz CT molecular complexity index is 1220. The molecule has 29 heavy (non-hydrogen) atoms. The van der Waals surface area contributed by atoms with Gasteiger partial charge in [0.25, 0.3) is 5.91 Å². The molecule has 1 aromatic heterocycles. The first-order valence-electron chi connectivity index (χ1n) is 9.45. The topological polar surface area (TPSA) is 70.7 Å². The van der Waals surface area contributed by atoms with Crippen LogP contribution in [-0.4, -0.2) is 15.5 Å². The fourth-order valence-corrected chi connectivity index (χ4v) is 3.38. The van der Waals surface area contributed by atoms with Crippen LogP contribution in [0.2, 0.25) is 0 Å². The summed E-state index contributed by atoms with van der Waals surface area (Å²) in [7, 11) is 2.04. The van der Waals surface area contributed by atoms with Crippen LogP contribution in [0.5, 0.6) is 0 Å². The molecule has 5 heteroatoms. The SMILES string of the molecule is Cn1c(CCc2cccc(NC(=O)c3ccc(C#N)cc3)c2)nc2ccccc21. The van der Waals surface area contributed by atoms with Gasteiger partial charge in [-0.3, -0.25) is 4.79 Å². The summed E-state index contributed by atoms with van der Waals surface area (Å²) in [4.78, 5) is 17.2. The van der Waals surface area contributed by atoms with E-state index >= 15 is 0 Å². The number of aromatic nitrogens is 2. The molecule has 0 aliphatic heterocycles. The summed E-state index contributed by atoms with van der Waals surface area (Å²) in [5.74, 6) is 0.847. The van der Waals surface area contributed by atoms with Crippen LogP contribution in [0, 0.1) is 11.3 Å². The Balaban J connectivity index is 1.44. The van der Waals surface area contributed by atoms with Crippen molar-refractivity contribution in [2.75, 3.05) is 5.32 Å². The highest BCUT2D eigenvalue weighted by Gasteiger charge is 2.09. The Hall–Kier alpha value is -3.91. The molecule has 0 bridgehead atoms. The lowest BCUT2D eigenvalue weighted by atomic mass is 10.1. The molecule has 0 atom stereocenters. The maximum absolute atomic E-state index is 12.4. The first kappa shape index (κ1) is 18.5. The van der Waals surface area contributed by atoms with Crippen LogP contribution in [0.15, 0.2) is 72.8 Å². The standard InChI is InChI=1S/C24H20N4O/c1-28-22-8-3-2-7-21(22)27-23(28)14-11-17-5-4-6-20(15-17)26-24(29)19-12-9-18(16-25)10-13-19/h2-10,12-13,15H,11,14H2,1H3,(H,26,29). The second-order valence-corrected chi connectivity index (χ2v) is 6.92. The average Bonchev–Trinajstić information content (AvgIpc) is 3.08. The molecule has 0 saturated carbocycles. The number of fused-ring (bicyclic) bond motifs is 1. The summed E-state index contributed by atoms with van der Waals surface area (Å²) in [6.07, 6.45) is 1.65. The number of carbonyl (C=O) groups is 1. The minimum Gasteiger partial charge on any atom is -0.331 e. The van der Waals surface area contributed by atoms with E-state index in [1.165, 1.54) is 0 Å². The lowest BCUT2D eigenvalue weighted by Crippen LogP contribution is -2.12. The molecule has 4 aromatic rings. The van der Waals surface area contributed by atoms with Crippen molar-refractivity contribution in [3.63, 3.8) is 0 Å². The highest BCUT2D eigenvalue weighted by Crippen LogP contribution is 2.18. The van der Waals surface area contributed by atoms with E-state index in [0.717, 1.165) is 41.0 Å². The molecule has 5 nitrogen and oxygen atoms in total. The quantitative estimate of drug-likeness (QED) is 0.555. The number of para-hydroxylation sites is 2. The van der Waals surface area contributed by atoms with Crippen molar-refractivity contribution in [1.29, 1.82) is 5.26 Å². The number of nitriles is 1. The van der Waals surface area contributed by atoms with Gasteiger partial charge < -0.3 is 9.88 Å². The van der Waals surface area contributed by atoms with E-state index in [1.54, 1.807) is 24.3 Å². The number of benzene rings is 3. The maximum Gasteiger partial charge on any atom is 0.255 e. The van der Waals surface area contributed by atoms with E-state index in [1.807, 2.05) is 43.4 Å². The van der Waals surface area contributed by atoms with Crippen molar-refractivity contribution < 1.29 is 4.79 Å². The lowest BCUT2D eigenvalue weighted by Gasteiger charge is -2.08. The van der Waals surface area contributed by atoms with Gasteiger partial charge in [0, 0.05) is 24.7 Å². The molecule has 0 unspecified atom stereocenters. The normalized spacial score (nSPS) is 10.6. The van der Waals surface area contributed by atoms with E-state index in [0.29, 0.717) is 11.1 Å². The summed E-state index contributed by atoms with van der Waals surface area (Å²) in [5, 5.41) is 11.8. The predicted octanol–water partition coefficient (Wildman–Crippen LogP) is 4.48. The number of nitrogens with one attached hydrogen (secondary N) is 1. The average molecular weight is 380 g/mol. The van der Waals surface area contributed by atoms with Crippen molar-refractivity contribution in [3.05, 3.63) is 95.3 Å². The van der Waals surface area contributed by atoms with Crippen LogP contribution in [0.4, 0.5) is 5.69 Å². The van der Waals surface area contributed by atoms with E-state index in [-0.39, 0.29) is 5.91 Å². The molecule has 142 valence electrons. The Morgan fingerprint density at radius 3 is 2.59 bits per heavy atom. The Kier molecular flexibility index (Phi) is 5.08. The fourth-order valence-electron chi connectivity index (χ4n) is 3.38. The molecule has 0 aliphatic carbocycles. The van der Waals surface area contributed by atoms with Gasteiger partial charge in [-0.25, -0.2) is 4.98 Å². The number of aryl methyl sites for hydroxylation is 3. The zero-order chi connectivity index (χ0) is 20.2. The summed E-state index contributed by atoms with van der Waals surface area (Å²) in [6, 6.07) is 24.6. The first-order valence-corrected chi connectivity index (χ1v) is 9.45. The Labute approximate surface area is 169 Å². The van der Waals surface area contributed by atoms with Crippen LogP contribution < -0.4 is 5.32 Å². The maximum atomic E-state index is 12.4. The summed E-state index contributed by atoms with van der Waals surface area (Å²) < 4.78 is 2.13. The predicted molar refractivity (Wildman–Crippen MR) is 114 cm³/mol. The smallest absolute Gasteiger partial charge is 0.255 e. The zero-order valence-electron chi connectivity index (χ0n) is 16.1. The van der Waals surface area contributed by atoms with Gasteiger partial charge in [-0.1, -0.05) is 24.3 Å². The summed E-state index contributed by atoms with van der Waals surface area (Å²) >= 11 is 0. The van der Waals surface area contributed by atoms with Gasteiger partial charge in [-0.05, 0) is 60.5 Å². The fraction of sp³-hybridized carbons (Fsp3) is 0.125. The molecule has 0 spiro atoms. The molecule has 0 aliphatic rings. The first-order chi connectivity index (χ1) is 14.1. The number of hydrogen-bond acceptors (Lipinski definition) is 3. The number of amides is 1. The van der Waals surface area contributed by atoms with Crippen LogP contribution in [0.25, 0.3) is 11.0 Å². The van der Waals surface area contributed by atoms with Crippen molar-refractivity contribution in [2.45, 2.75) is 12.8 Å². The Morgan fingerprint density at radius 2 is 1.83 bits per heavy atom. The van der Waals surface area contributed by atoms with Gasteiger partial charge >= 0.3 is 0 Å². The number of rotatable bonds is 5. The van der Waals surface area contributed by atoms with Crippen LogP contribution >= 0.6 is 0 Å². The monoisotopic (exact) mass is 380 g/mol. The van der Waals surface area contributed by atoms with Gasteiger partial charge in [0.1, 0.15) is 5.82 Å². The number of anilines is 1. The van der Waals surface area contributed by atoms with Crippen molar-refractivity contribution in [2.24, 2.45) is 7.05 Å². The number of nitrogens with zero attached hydrogens (tertiary/aromatic N) is 3. The highest BCUT2D eigenvalue weighted by molar-refractivity contribution is 6.04. The van der Waals surface area contributed by atoms with E-state index in [9.17, 15) is 4.79 Å². The van der Waals surface area contributed by atoms with Crippen LogP contribution in [0.3, 0.4) is 0 Å². The molecule has 1 N–H and O–H groups in total. The number of hydrogen-bond donors (Lipinski definition) is 1. The largest absolute Gasteiger partial charge is 0.331 e. The molecule has 4 rings (SSSR count). The van der Waals surface area contributed by atoms with E-state index in [2.05, 4.69) is 28.1 Å². The van der Waals surface area contributed by atoms with Gasteiger partial charge in [-0.2, -0.15) is 5.26 Å². The molecule has 3 aromatic carbocycles. The van der Waals surface area contributed by atoms with Crippen molar-refractivity contribution in [3.8, 4) is 6.07 Å². The third kappa shape index (κ3) is 4.02. The molecule has 0 saturated heterocycles. The number of carbonyl (C=O) groups excluding carboxylic acids is 1. The molecule has 0 fully saturated rings. The van der Waals surface area contributed by atoms with Crippen molar-refractivity contribution >= 4 is 22.6 Å². The summed E-state index contributed by atoms with van der Waals surface area (Å²) in [6.45, 7) is 0. The highest BCUT2D eigenvalue weighted by atomic mass is 16.1. The second kappa shape index (κ2) is 7.99. The van der Waals surface area contributed by atoms with E-state index < -0.39 is 0 Å². The molecule has 0 radical (unpaired) electrons. The molecule has 1 amide bonds. The molecular formula is C24H20N4O. The van der Waals surface area contributed by atoms with E-state index in [4.69, 9.17) is 10.2 Å². The summed E-state index contributed by atoms with van der Waals surface area (Å²) in [5.41, 5.74) is 5.08. The van der Waals surface area contributed by atoms with Gasteiger partial charge in [0.15, 0.2) is 0 Å².